The second-order valence-corrected chi connectivity index (χ2v) is 8.46. The zero-order valence-corrected chi connectivity index (χ0v) is 17.5. The third kappa shape index (κ3) is 4.82. The van der Waals surface area contributed by atoms with Crippen LogP contribution in [-0.4, -0.2) is 50.7 Å². The number of carbonyl (C=O) groups is 1. The molecule has 164 valence electrons. The van der Waals surface area contributed by atoms with Gasteiger partial charge in [0, 0.05) is 36.3 Å². The van der Waals surface area contributed by atoms with Crippen LogP contribution < -0.4 is 10.1 Å². The Morgan fingerprint density at radius 2 is 2.29 bits per heavy atom. The van der Waals surface area contributed by atoms with Gasteiger partial charge in [-0.3, -0.25) is 4.79 Å². The maximum absolute atomic E-state index is 13.0. The van der Waals surface area contributed by atoms with Crippen LogP contribution >= 0.6 is 11.3 Å². The summed E-state index contributed by atoms with van der Waals surface area (Å²) in [6, 6.07) is 3.11. The molecule has 0 bridgehead atoms. The van der Waals surface area contributed by atoms with Gasteiger partial charge in [0.05, 0.1) is 17.4 Å². The Hall–Kier alpha value is -3.08. The van der Waals surface area contributed by atoms with Gasteiger partial charge in [-0.05, 0) is 19.1 Å². The van der Waals surface area contributed by atoms with Crippen molar-refractivity contribution in [3.8, 4) is 5.88 Å². The molecule has 1 unspecified atom stereocenters. The number of halogens is 3. The van der Waals surface area contributed by atoms with Crippen LogP contribution in [-0.2, 0) is 11.3 Å². The maximum atomic E-state index is 13.0. The predicted molar refractivity (Wildman–Crippen MR) is 112 cm³/mol. The number of alkyl halides is 3. The number of amides is 1. The summed E-state index contributed by atoms with van der Waals surface area (Å²) in [4.78, 5) is 23.1. The van der Waals surface area contributed by atoms with E-state index in [1.165, 1.54) is 23.6 Å². The van der Waals surface area contributed by atoms with E-state index < -0.39 is 12.7 Å². The van der Waals surface area contributed by atoms with Crippen molar-refractivity contribution < 1.29 is 22.7 Å². The van der Waals surface area contributed by atoms with Crippen LogP contribution in [0.4, 0.5) is 24.1 Å². The summed E-state index contributed by atoms with van der Waals surface area (Å²) in [7, 11) is 0. The number of anilines is 2. The number of fused-ring (bicyclic) bond motifs is 1. The molecular formula is C20H20F3N5O2S. The largest absolute Gasteiger partial charge is 0.472 e. The van der Waals surface area contributed by atoms with Gasteiger partial charge in [0.25, 0.3) is 0 Å². The Bertz CT molecular complexity index is 1120. The first-order valence-electron chi connectivity index (χ1n) is 9.56. The summed E-state index contributed by atoms with van der Waals surface area (Å²) in [5.74, 6) is 0.359. The minimum absolute atomic E-state index is 0.185. The third-order valence-electron chi connectivity index (χ3n) is 4.85. The van der Waals surface area contributed by atoms with Crippen molar-refractivity contribution in [1.29, 1.82) is 0 Å². The molecular weight excluding hydrogens is 431 g/mol. The van der Waals surface area contributed by atoms with Gasteiger partial charge in [0.15, 0.2) is 5.13 Å². The van der Waals surface area contributed by atoms with Crippen LogP contribution in [0.25, 0.3) is 10.9 Å². The van der Waals surface area contributed by atoms with Gasteiger partial charge in [-0.25, -0.2) is 4.98 Å². The first-order valence-corrected chi connectivity index (χ1v) is 10.4. The molecule has 1 N–H and O–H groups in total. The lowest BCUT2D eigenvalue weighted by atomic mass is 10.3. The lowest BCUT2D eigenvalue weighted by Gasteiger charge is -2.17. The standard InChI is InChI=1S/C20H20F3N5O2S/c1-3-17(29)27-6-4-13(10-27)30-18-14-5-7-28(11-20(21,22)23)15(14)8-16(25-18)26-19-24-9-12(2)31-19/h3,5,7-9,13H,1,4,6,10-11H2,2H3,(H,24,25,26). The van der Waals surface area contributed by atoms with Gasteiger partial charge >= 0.3 is 6.18 Å². The summed E-state index contributed by atoms with van der Waals surface area (Å²) in [5.41, 5.74) is 0.343. The highest BCUT2D eigenvalue weighted by Gasteiger charge is 2.30. The number of pyridine rings is 1. The van der Waals surface area contributed by atoms with E-state index in [1.54, 1.807) is 23.2 Å². The Morgan fingerprint density at radius 1 is 1.48 bits per heavy atom. The normalized spacial score (nSPS) is 16.6. The van der Waals surface area contributed by atoms with Gasteiger partial charge in [-0.15, -0.1) is 11.3 Å². The molecule has 11 heteroatoms. The van der Waals surface area contributed by atoms with Crippen LogP contribution in [0.2, 0.25) is 0 Å². The van der Waals surface area contributed by atoms with Gasteiger partial charge in [0.2, 0.25) is 11.8 Å². The molecule has 4 heterocycles. The van der Waals surface area contributed by atoms with Crippen LogP contribution in [0, 0.1) is 6.92 Å². The highest BCUT2D eigenvalue weighted by atomic mass is 32.1. The molecule has 1 atom stereocenters. The zero-order chi connectivity index (χ0) is 22.2. The molecule has 0 radical (unpaired) electrons. The number of ether oxygens (including phenoxy) is 1. The molecule has 0 spiro atoms. The molecule has 1 amide bonds. The molecule has 1 aliphatic heterocycles. The number of likely N-dealkylation sites (tertiary alicyclic amines) is 1. The van der Waals surface area contributed by atoms with E-state index >= 15 is 0 Å². The summed E-state index contributed by atoms with van der Waals surface area (Å²) >= 11 is 1.41. The smallest absolute Gasteiger partial charge is 0.406 e. The van der Waals surface area contributed by atoms with Crippen molar-refractivity contribution in [3.63, 3.8) is 0 Å². The lowest BCUT2D eigenvalue weighted by molar-refractivity contribution is -0.139. The van der Waals surface area contributed by atoms with Crippen molar-refractivity contribution in [3.05, 3.63) is 42.1 Å². The number of aromatic nitrogens is 3. The van der Waals surface area contributed by atoms with Crippen LogP contribution in [0.5, 0.6) is 5.88 Å². The van der Waals surface area contributed by atoms with E-state index in [1.807, 2.05) is 6.92 Å². The molecule has 1 aliphatic rings. The number of carbonyl (C=O) groups excluding carboxylic acids is 1. The molecule has 31 heavy (non-hydrogen) atoms. The first kappa shape index (κ1) is 21.2. The van der Waals surface area contributed by atoms with E-state index in [0.29, 0.717) is 41.4 Å². The second-order valence-electron chi connectivity index (χ2n) is 7.22. The maximum Gasteiger partial charge on any atom is 0.406 e. The first-order chi connectivity index (χ1) is 14.7. The number of hydrogen-bond acceptors (Lipinski definition) is 6. The molecule has 0 aromatic carbocycles. The Labute approximate surface area is 180 Å². The Balaban J connectivity index is 1.67. The molecule has 4 rings (SSSR count). The highest BCUT2D eigenvalue weighted by Crippen LogP contribution is 2.33. The number of nitrogens with one attached hydrogen (secondary N) is 1. The molecule has 1 saturated heterocycles. The van der Waals surface area contributed by atoms with Crippen LogP contribution in [0.1, 0.15) is 11.3 Å². The van der Waals surface area contributed by atoms with Crippen LogP contribution in [0.3, 0.4) is 0 Å². The third-order valence-corrected chi connectivity index (χ3v) is 5.68. The van der Waals surface area contributed by atoms with Crippen molar-refractivity contribution in [1.82, 2.24) is 19.4 Å². The predicted octanol–water partition coefficient (Wildman–Crippen LogP) is 4.27. The van der Waals surface area contributed by atoms with E-state index in [0.717, 1.165) is 9.44 Å². The molecule has 3 aromatic heterocycles. The molecule has 0 aliphatic carbocycles. The van der Waals surface area contributed by atoms with E-state index in [2.05, 4.69) is 21.9 Å². The fourth-order valence-electron chi connectivity index (χ4n) is 3.48. The van der Waals surface area contributed by atoms with Crippen molar-refractivity contribution >= 4 is 39.1 Å². The monoisotopic (exact) mass is 451 g/mol. The molecule has 3 aromatic rings. The second kappa shape index (κ2) is 8.22. The molecule has 7 nitrogen and oxygen atoms in total. The topological polar surface area (TPSA) is 72.3 Å². The quantitative estimate of drug-likeness (QED) is 0.567. The highest BCUT2D eigenvalue weighted by molar-refractivity contribution is 7.15. The zero-order valence-electron chi connectivity index (χ0n) is 16.6. The molecule has 0 saturated carbocycles. The summed E-state index contributed by atoms with van der Waals surface area (Å²) < 4.78 is 46.3. The average Bonchev–Trinajstić information content (AvgIpc) is 3.42. The Morgan fingerprint density at radius 3 is 2.97 bits per heavy atom. The van der Waals surface area contributed by atoms with Gasteiger partial charge in [-0.1, -0.05) is 6.58 Å². The number of aryl methyl sites for hydroxylation is 1. The summed E-state index contributed by atoms with van der Waals surface area (Å²) in [6.45, 7) is 5.15. The van der Waals surface area contributed by atoms with Crippen molar-refractivity contribution in [2.24, 2.45) is 0 Å². The fraction of sp³-hybridized carbons (Fsp3) is 0.350. The number of nitrogens with zero attached hydrogens (tertiary/aromatic N) is 4. The summed E-state index contributed by atoms with van der Waals surface area (Å²) in [5, 5.41) is 4.09. The average molecular weight is 451 g/mol. The van der Waals surface area contributed by atoms with E-state index in [9.17, 15) is 18.0 Å². The fourth-order valence-corrected chi connectivity index (χ4v) is 4.15. The van der Waals surface area contributed by atoms with Crippen molar-refractivity contribution in [2.75, 3.05) is 18.4 Å². The minimum atomic E-state index is -4.37. The van der Waals surface area contributed by atoms with Crippen LogP contribution in [0.15, 0.2) is 37.2 Å². The number of rotatable bonds is 6. The summed E-state index contributed by atoms with van der Waals surface area (Å²) in [6.07, 6.45) is 0.215. The molecule has 1 fully saturated rings. The van der Waals surface area contributed by atoms with Crippen molar-refractivity contribution in [2.45, 2.75) is 32.2 Å². The SMILES string of the molecule is C=CC(=O)N1CCC(Oc2nc(Nc3ncc(C)s3)cc3c2ccn3CC(F)(F)F)C1. The van der Waals surface area contributed by atoms with E-state index in [4.69, 9.17) is 4.74 Å². The van der Waals surface area contributed by atoms with Gasteiger partial charge < -0.3 is 19.5 Å². The van der Waals surface area contributed by atoms with Gasteiger partial charge in [0.1, 0.15) is 18.5 Å². The minimum Gasteiger partial charge on any atom is -0.472 e. The number of thiazole rings is 1. The van der Waals surface area contributed by atoms with Gasteiger partial charge in [-0.2, -0.15) is 18.2 Å². The lowest BCUT2D eigenvalue weighted by Crippen LogP contribution is -2.29. The number of hydrogen-bond donors (Lipinski definition) is 1. The van der Waals surface area contributed by atoms with E-state index in [-0.39, 0.29) is 17.9 Å². The Kier molecular flexibility index (Phi) is 5.61.